The standard InChI is InChI=1S/C23H28FN3O2S/c1-3-25-23(26-12-17-10-18(24)9-8-16(17)14-30(2,28)29)27-13-21-20-11-15-6-4-5-7-19(15)22(20)21/h4-10,20-22H,3,11-14H2,1-2H3,(H2,25,26,27). The third kappa shape index (κ3) is 4.67. The van der Waals surface area contributed by atoms with Gasteiger partial charge < -0.3 is 10.6 Å². The van der Waals surface area contributed by atoms with Crippen LogP contribution in [0.1, 0.15) is 35.1 Å². The number of rotatable bonds is 7. The number of hydrogen-bond acceptors (Lipinski definition) is 3. The molecule has 30 heavy (non-hydrogen) atoms. The van der Waals surface area contributed by atoms with Gasteiger partial charge in [0.1, 0.15) is 5.82 Å². The Kier molecular flexibility index (Phi) is 5.82. The van der Waals surface area contributed by atoms with Crippen molar-refractivity contribution in [2.45, 2.75) is 31.6 Å². The number of halogens is 1. The molecule has 1 saturated carbocycles. The van der Waals surface area contributed by atoms with Gasteiger partial charge >= 0.3 is 0 Å². The van der Waals surface area contributed by atoms with E-state index < -0.39 is 9.84 Å². The Balaban J connectivity index is 1.41. The monoisotopic (exact) mass is 429 g/mol. The topological polar surface area (TPSA) is 70.6 Å². The summed E-state index contributed by atoms with van der Waals surface area (Å²) in [6.07, 6.45) is 2.33. The fraction of sp³-hybridized carbons (Fsp3) is 0.435. The molecule has 4 rings (SSSR count). The highest BCUT2D eigenvalue weighted by molar-refractivity contribution is 7.89. The molecule has 2 aromatic carbocycles. The molecule has 1 fully saturated rings. The molecule has 5 nitrogen and oxygen atoms in total. The van der Waals surface area contributed by atoms with Gasteiger partial charge in [-0.1, -0.05) is 30.3 Å². The van der Waals surface area contributed by atoms with Crippen molar-refractivity contribution < 1.29 is 12.8 Å². The van der Waals surface area contributed by atoms with Crippen LogP contribution in [-0.4, -0.2) is 33.7 Å². The summed E-state index contributed by atoms with van der Waals surface area (Å²) >= 11 is 0. The Labute approximate surface area is 177 Å². The summed E-state index contributed by atoms with van der Waals surface area (Å²) in [6, 6.07) is 12.9. The number of hydrogen-bond donors (Lipinski definition) is 2. The van der Waals surface area contributed by atoms with Gasteiger partial charge in [0.15, 0.2) is 15.8 Å². The second kappa shape index (κ2) is 8.38. The molecule has 0 bridgehead atoms. The summed E-state index contributed by atoms with van der Waals surface area (Å²) in [5, 5.41) is 6.65. The highest BCUT2D eigenvalue weighted by Gasteiger charge is 2.54. The van der Waals surface area contributed by atoms with E-state index in [4.69, 9.17) is 0 Å². The molecular formula is C23H28FN3O2S. The maximum atomic E-state index is 13.7. The lowest BCUT2D eigenvalue weighted by Crippen LogP contribution is -2.38. The smallest absolute Gasteiger partial charge is 0.191 e. The summed E-state index contributed by atoms with van der Waals surface area (Å²) in [6.45, 7) is 3.77. The van der Waals surface area contributed by atoms with E-state index in [1.807, 2.05) is 6.92 Å². The summed E-state index contributed by atoms with van der Waals surface area (Å²) in [7, 11) is -3.21. The molecule has 7 heteroatoms. The van der Waals surface area contributed by atoms with Gasteiger partial charge in [0.25, 0.3) is 0 Å². The molecule has 0 radical (unpaired) electrons. The van der Waals surface area contributed by atoms with Crippen LogP contribution in [0.5, 0.6) is 0 Å². The number of guanidine groups is 1. The lowest BCUT2D eigenvalue weighted by molar-refractivity contribution is 0.600. The number of fused-ring (bicyclic) bond motifs is 3. The van der Waals surface area contributed by atoms with Gasteiger partial charge in [-0.05, 0) is 65.5 Å². The Morgan fingerprint density at radius 1 is 1.17 bits per heavy atom. The molecule has 0 amide bonds. The lowest BCUT2D eigenvalue weighted by atomic mass is 10.0. The minimum absolute atomic E-state index is 0.118. The summed E-state index contributed by atoms with van der Waals surface area (Å²) < 4.78 is 37.1. The van der Waals surface area contributed by atoms with Crippen LogP contribution in [0.15, 0.2) is 47.5 Å². The van der Waals surface area contributed by atoms with Crippen molar-refractivity contribution in [3.63, 3.8) is 0 Å². The van der Waals surface area contributed by atoms with Crippen LogP contribution in [0.2, 0.25) is 0 Å². The first kappa shape index (κ1) is 20.8. The number of nitrogens with one attached hydrogen (secondary N) is 2. The predicted molar refractivity (Wildman–Crippen MR) is 118 cm³/mol. The Bertz CT molecular complexity index is 1070. The molecule has 3 unspecified atom stereocenters. The quantitative estimate of drug-likeness (QED) is 0.524. The van der Waals surface area contributed by atoms with Crippen molar-refractivity contribution >= 4 is 15.8 Å². The zero-order valence-corrected chi connectivity index (χ0v) is 18.2. The molecule has 2 N–H and O–H groups in total. The lowest BCUT2D eigenvalue weighted by Gasteiger charge is -2.14. The zero-order valence-electron chi connectivity index (χ0n) is 17.4. The first-order valence-corrected chi connectivity index (χ1v) is 12.5. The van der Waals surface area contributed by atoms with Crippen molar-refractivity contribution in [2.75, 3.05) is 19.3 Å². The van der Waals surface area contributed by atoms with E-state index in [0.717, 1.165) is 13.0 Å². The van der Waals surface area contributed by atoms with Crippen LogP contribution in [-0.2, 0) is 28.6 Å². The molecule has 2 aromatic rings. The van der Waals surface area contributed by atoms with Crippen LogP contribution >= 0.6 is 0 Å². The van der Waals surface area contributed by atoms with Crippen molar-refractivity contribution in [3.8, 4) is 0 Å². The summed E-state index contributed by atoms with van der Waals surface area (Å²) in [5.74, 6) is 2.12. The van der Waals surface area contributed by atoms with Gasteiger partial charge in [-0.2, -0.15) is 0 Å². The molecule has 0 saturated heterocycles. The molecule has 3 atom stereocenters. The molecular weight excluding hydrogens is 401 g/mol. The maximum absolute atomic E-state index is 13.7. The summed E-state index contributed by atoms with van der Waals surface area (Å²) in [4.78, 5) is 4.59. The van der Waals surface area contributed by atoms with E-state index >= 15 is 0 Å². The Morgan fingerprint density at radius 2 is 1.97 bits per heavy atom. The van der Waals surface area contributed by atoms with Crippen molar-refractivity contribution in [1.29, 1.82) is 0 Å². The highest BCUT2D eigenvalue weighted by atomic mass is 32.2. The van der Waals surface area contributed by atoms with Crippen LogP contribution in [0.4, 0.5) is 4.39 Å². The molecule has 2 aliphatic carbocycles. The van der Waals surface area contributed by atoms with E-state index in [1.165, 1.54) is 35.6 Å². The minimum Gasteiger partial charge on any atom is -0.357 e. The van der Waals surface area contributed by atoms with E-state index in [2.05, 4.69) is 39.9 Å². The van der Waals surface area contributed by atoms with Crippen LogP contribution in [0.25, 0.3) is 0 Å². The SMILES string of the molecule is CCNC(=NCc1cc(F)ccc1CS(C)(=O)=O)NCC1C2Cc3ccccc3C12. The molecule has 2 aliphatic rings. The van der Waals surface area contributed by atoms with Gasteiger partial charge in [-0.25, -0.2) is 17.8 Å². The second-order valence-electron chi connectivity index (χ2n) is 8.32. The van der Waals surface area contributed by atoms with E-state index in [0.29, 0.717) is 41.4 Å². The molecule has 160 valence electrons. The first-order valence-electron chi connectivity index (χ1n) is 10.4. The van der Waals surface area contributed by atoms with Crippen molar-refractivity contribution in [1.82, 2.24) is 10.6 Å². The third-order valence-corrected chi connectivity index (χ3v) is 6.88. The van der Waals surface area contributed by atoms with E-state index in [1.54, 1.807) is 0 Å². The number of aliphatic imine (C=N–C) groups is 1. The van der Waals surface area contributed by atoms with E-state index in [-0.39, 0.29) is 18.1 Å². The van der Waals surface area contributed by atoms with Gasteiger partial charge in [0.05, 0.1) is 12.3 Å². The van der Waals surface area contributed by atoms with E-state index in [9.17, 15) is 12.8 Å². The van der Waals surface area contributed by atoms with Crippen LogP contribution < -0.4 is 10.6 Å². The van der Waals surface area contributed by atoms with Crippen molar-refractivity contribution in [2.24, 2.45) is 16.8 Å². The zero-order chi connectivity index (χ0) is 21.3. The highest BCUT2D eigenvalue weighted by Crippen LogP contribution is 2.60. The normalized spacial score (nSPS) is 22.4. The second-order valence-corrected chi connectivity index (χ2v) is 10.5. The number of sulfone groups is 1. The van der Waals surface area contributed by atoms with Gasteiger partial charge in [0, 0.05) is 19.3 Å². The van der Waals surface area contributed by atoms with Crippen LogP contribution in [0.3, 0.4) is 0 Å². The Morgan fingerprint density at radius 3 is 2.73 bits per heavy atom. The van der Waals surface area contributed by atoms with Gasteiger partial charge in [0.2, 0.25) is 0 Å². The van der Waals surface area contributed by atoms with Gasteiger partial charge in [-0.15, -0.1) is 0 Å². The number of nitrogens with zero attached hydrogens (tertiary/aromatic N) is 1. The van der Waals surface area contributed by atoms with Gasteiger partial charge in [-0.3, -0.25) is 0 Å². The largest absolute Gasteiger partial charge is 0.357 e. The molecule has 0 spiro atoms. The third-order valence-electron chi connectivity index (χ3n) is 6.04. The average molecular weight is 430 g/mol. The fourth-order valence-electron chi connectivity index (χ4n) is 4.65. The average Bonchev–Trinajstić information content (AvgIpc) is 3.22. The predicted octanol–water partition coefficient (Wildman–Crippen LogP) is 3.01. The maximum Gasteiger partial charge on any atom is 0.191 e. The first-order chi connectivity index (χ1) is 14.4. The molecule has 0 aromatic heterocycles. The molecule has 0 heterocycles. The van der Waals surface area contributed by atoms with Crippen molar-refractivity contribution in [3.05, 3.63) is 70.5 Å². The fourth-order valence-corrected chi connectivity index (χ4v) is 5.49. The summed E-state index contributed by atoms with van der Waals surface area (Å²) in [5.41, 5.74) is 4.15. The Hall–Kier alpha value is -2.41. The van der Waals surface area contributed by atoms with Crippen LogP contribution in [0, 0.1) is 17.7 Å². The number of benzene rings is 2. The molecule has 0 aliphatic heterocycles. The minimum atomic E-state index is -3.21.